The molecule has 4 rings (SSSR count). The molecule has 7 heteroatoms. The Morgan fingerprint density at radius 2 is 1.77 bits per heavy atom. The van der Waals surface area contributed by atoms with Crippen molar-refractivity contribution < 1.29 is 14.7 Å². The number of quaternary nitrogens is 1. The molecule has 7 nitrogen and oxygen atoms in total. The first-order valence-corrected chi connectivity index (χ1v) is 12.8. The summed E-state index contributed by atoms with van der Waals surface area (Å²) in [6.45, 7) is 8.79. The van der Waals surface area contributed by atoms with E-state index < -0.39 is 6.09 Å². The molecular weight excluding hydrogens is 440 g/mol. The molecule has 0 aromatic heterocycles. The van der Waals surface area contributed by atoms with Crippen molar-refractivity contribution in [3.05, 3.63) is 53.6 Å². The lowest BCUT2D eigenvalue weighted by Gasteiger charge is -2.47. The van der Waals surface area contributed by atoms with E-state index in [9.17, 15) is 14.7 Å². The maximum absolute atomic E-state index is 12.8. The van der Waals surface area contributed by atoms with Gasteiger partial charge in [0.1, 0.15) is 11.8 Å². The van der Waals surface area contributed by atoms with E-state index >= 15 is 0 Å². The second-order valence-electron chi connectivity index (χ2n) is 10.1. The lowest BCUT2D eigenvalue weighted by atomic mass is 9.86. The van der Waals surface area contributed by atoms with Crippen molar-refractivity contribution in [3.8, 4) is 11.1 Å². The highest BCUT2D eigenvalue weighted by Crippen LogP contribution is 2.45. The van der Waals surface area contributed by atoms with Crippen LogP contribution in [-0.4, -0.2) is 55.7 Å². The van der Waals surface area contributed by atoms with Crippen LogP contribution < -0.4 is 20.2 Å². The molecule has 1 fully saturated rings. The first-order valence-electron chi connectivity index (χ1n) is 12.8. The quantitative estimate of drug-likeness (QED) is 0.623. The number of piperidine rings is 1. The molecule has 2 aromatic rings. The van der Waals surface area contributed by atoms with Crippen LogP contribution in [0.4, 0.5) is 10.5 Å². The van der Waals surface area contributed by atoms with E-state index in [1.165, 1.54) is 10.5 Å². The molecule has 1 saturated heterocycles. The van der Waals surface area contributed by atoms with Gasteiger partial charge < -0.3 is 25.4 Å². The van der Waals surface area contributed by atoms with Crippen LogP contribution in [0.5, 0.6) is 0 Å². The zero-order chi connectivity index (χ0) is 25.2. The van der Waals surface area contributed by atoms with E-state index in [4.69, 9.17) is 0 Å². The summed E-state index contributed by atoms with van der Waals surface area (Å²) in [5, 5.41) is 19.0. The van der Waals surface area contributed by atoms with Crippen molar-refractivity contribution >= 4 is 17.7 Å². The normalized spacial score (nSPS) is 24.6. The average molecular weight is 479 g/mol. The largest absolute Gasteiger partial charge is 0.530 e. The van der Waals surface area contributed by atoms with E-state index in [1.54, 1.807) is 6.92 Å². The van der Waals surface area contributed by atoms with Gasteiger partial charge in [0.15, 0.2) is 0 Å². The number of fused-ring (bicyclic) bond motifs is 1. The molecule has 2 heterocycles. The molecule has 188 valence electrons. The molecule has 2 N–H and O–H groups in total. The van der Waals surface area contributed by atoms with E-state index in [2.05, 4.69) is 41.0 Å². The minimum Gasteiger partial charge on any atom is -0.530 e. The van der Waals surface area contributed by atoms with Gasteiger partial charge in [-0.25, -0.2) is 9.28 Å². The van der Waals surface area contributed by atoms with Crippen LogP contribution in [0.1, 0.15) is 57.2 Å². The van der Waals surface area contributed by atoms with Crippen molar-refractivity contribution in [2.45, 2.75) is 64.7 Å². The Kier molecular flexibility index (Phi) is 7.59. The van der Waals surface area contributed by atoms with Crippen LogP contribution in [0.2, 0.25) is 0 Å². The van der Waals surface area contributed by atoms with E-state index in [1.807, 2.05) is 33.0 Å². The molecule has 2 amide bonds. The first kappa shape index (κ1) is 25.4. The molecule has 1 unspecified atom stereocenters. The predicted octanol–water partition coefficient (Wildman–Crippen LogP) is 3.18. The monoisotopic (exact) mass is 478 g/mol. The third kappa shape index (κ3) is 4.99. The van der Waals surface area contributed by atoms with Crippen LogP contribution >= 0.6 is 0 Å². The maximum Gasteiger partial charge on any atom is 0.315 e. The number of rotatable bonds is 6. The molecule has 3 atom stereocenters. The third-order valence-corrected chi connectivity index (χ3v) is 8.16. The highest BCUT2D eigenvalue weighted by Gasteiger charge is 2.47. The smallest absolute Gasteiger partial charge is 0.315 e. The minimum atomic E-state index is -1.18. The van der Waals surface area contributed by atoms with Gasteiger partial charge in [0.05, 0.1) is 26.1 Å². The summed E-state index contributed by atoms with van der Waals surface area (Å²) in [6.07, 6.45) is 1.71. The molecule has 0 bridgehead atoms. The summed E-state index contributed by atoms with van der Waals surface area (Å²) in [7, 11) is 1.93. The molecular formula is C28H38N4O3. The standard InChI is InChI=1S/C28H38N4O3/c1-5-31(28(34)35)26-16-19(2)32(4,20(3)33)27-11-10-23(17-25(26)27)22-8-6-21(7-9-22)18-30-24-12-14-29-15-13-24/h6-11,17,19,24,26,29-30H,5,12-16,18H2,1-4H3/t19-,26+,32?/m0/s1. The molecule has 2 aliphatic rings. The Hall–Kier alpha value is -2.74. The van der Waals surface area contributed by atoms with Gasteiger partial charge in [-0.15, -0.1) is 0 Å². The SMILES string of the molecule is CCN(C(=O)[O-])[C@@H]1C[C@H](C)[N+](C)(C(C)=O)c2ccc(-c3ccc(CNC4CCNCC4)cc3)cc21. The lowest BCUT2D eigenvalue weighted by Crippen LogP contribution is -2.60. The zero-order valence-corrected chi connectivity index (χ0v) is 21.3. The molecule has 0 spiro atoms. The molecule has 2 aliphatic heterocycles. The summed E-state index contributed by atoms with van der Waals surface area (Å²) >= 11 is 0. The number of benzene rings is 2. The van der Waals surface area contributed by atoms with Gasteiger partial charge in [-0.2, -0.15) is 0 Å². The molecule has 35 heavy (non-hydrogen) atoms. The van der Waals surface area contributed by atoms with Crippen LogP contribution in [0.3, 0.4) is 0 Å². The fraction of sp³-hybridized carbons (Fsp3) is 0.500. The van der Waals surface area contributed by atoms with E-state index in [0.717, 1.165) is 54.9 Å². The van der Waals surface area contributed by atoms with Crippen LogP contribution in [-0.2, 0) is 11.3 Å². The Morgan fingerprint density at radius 1 is 1.11 bits per heavy atom. The molecule has 0 radical (unpaired) electrons. The van der Waals surface area contributed by atoms with Crippen LogP contribution in [0, 0.1) is 0 Å². The fourth-order valence-electron chi connectivity index (χ4n) is 5.68. The highest BCUT2D eigenvalue weighted by atomic mass is 16.4. The van der Waals surface area contributed by atoms with Crippen LogP contribution in [0.25, 0.3) is 11.1 Å². The summed E-state index contributed by atoms with van der Waals surface area (Å²) in [5.74, 6) is 0.0482. The van der Waals surface area contributed by atoms with Crippen molar-refractivity contribution in [2.24, 2.45) is 0 Å². The predicted molar refractivity (Wildman–Crippen MR) is 138 cm³/mol. The number of hydrogen-bond acceptors (Lipinski definition) is 5. The molecule has 2 aromatic carbocycles. The number of hydrogen-bond donors (Lipinski definition) is 2. The zero-order valence-electron chi connectivity index (χ0n) is 21.3. The van der Waals surface area contributed by atoms with Gasteiger partial charge in [-0.05, 0) is 68.6 Å². The van der Waals surface area contributed by atoms with Gasteiger partial charge in [0.25, 0.3) is 0 Å². The summed E-state index contributed by atoms with van der Waals surface area (Å²) in [4.78, 5) is 26.1. The second-order valence-corrected chi connectivity index (χ2v) is 10.1. The summed E-state index contributed by atoms with van der Waals surface area (Å²) < 4.78 is 0.165. The van der Waals surface area contributed by atoms with E-state index in [-0.39, 0.29) is 22.5 Å². The minimum absolute atomic E-state index is 0.0454. The third-order valence-electron chi connectivity index (χ3n) is 8.16. The number of nitrogens with zero attached hydrogens (tertiary/aromatic N) is 2. The summed E-state index contributed by atoms with van der Waals surface area (Å²) in [6, 6.07) is 14.8. The van der Waals surface area contributed by atoms with Gasteiger partial charge >= 0.3 is 5.91 Å². The van der Waals surface area contributed by atoms with Crippen molar-refractivity contribution in [1.29, 1.82) is 0 Å². The lowest BCUT2D eigenvalue weighted by molar-refractivity contribution is -0.268. The van der Waals surface area contributed by atoms with Crippen molar-refractivity contribution in [1.82, 2.24) is 20.0 Å². The van der Waals surface area contributed by atoms with Gasteiger partial charge in [-0.1, -0.05) is 24.3 Å². The summed E-state index contributed by atoms with van der Waals surface area (Å²) in [5.41, 5.74) is 5.09. The average Bonchev–Trinajstić information content (AvgIpc) is 2.86. The van der Waals surface area contributed by atoms with Gasteiger partial charge in [0, 0.05) is 37.2 Å². The van der Waals surface area contributed by atoms with Crippen molar-refractivity contribution in [3.63, 3.8) is 0 Å². The maximum atomic E-state index is 12.8. The number of carbonyl (C=O) groups is 2. The topological polar surface area (TPSA) is 84.5 Å². The first-order chi connectivity index (χ1) is 16.8. The van der Waals surface area contributed by atoms with Gasteiger partial charge in [-0.3, -0.25) is 0 Å². The number of carboxylic acid groups (broad SMARTS) is 1. The Labute approximate surface area is 208 Å². The van der Waals surface area contributed by atoms with Crippen molar-refractivity contribution in [2.75, 3.05) is 26.7 Å². The molecule has 0 saturated carbocycles. The number of carbonyl (C=O) groups excluding carboxylic acids is 2. The Balaban J connectivity index is 1.64. The Bertz CT molecular complexity index is 1060. The number of nitrogens with one attached hydrogen (secondary N) is 2. The number of amides is 2. The Morgan fingerprint density at radius 3 is 2.37 bits per heavy atom. The highest BCUT2D eigenvalue weighted by molar-refractivity contribution is 5.89. The molecule has 0 aliphatic carbocycles. The van der Waals surface area contributed by atoms with E-state index in [0.29, 0.717) is 19.0 Å². The van der Waals surface area contributed by atoms with Crippen LogP contribution in [0.15, 0.2) is 42.5 Å². The fourth-order valence-corrected chi connectivity index (χ4v) is 5.68. The van der Waals surface area contributed by atoms with Gasteiger partial charge in [0.2, 0.25) is 0 Å². The second kappa shape index (κ2) is 10.5.